The zero-order valence-corrected chi connectivity index (χ0v) is 23.7. The lowest BCUT2D eigenvalue weighted by molar-refractivity contribution is -1.07. The number of amides is 2. The summed E-state index contributed by atoms with van der Waals surface area (Å²) in [6, 6.07) is 10.5. The molecule has 0 aromatic heterocycles. The summed E-state index contributed by atoms with van der Waals surface area (Å²) in [4.78, 5) is 28.4. The Balaban J connectivity index is 0.00000180. The number of piperazine rings is 3. The second-order valence-electron chi connectivity index (χ2n) is 12.2. The number of para-hydroxylation sites is 1. The number of benzene rings is 1. The second kappa shape index (κ2) is 11.6. The molecule has 36 heavy (non-hydrogen) atoms. The van der Waals surface area contributed by atoms with Crippen molar-refractivity contribution < 1.29 is 43.4 Å². The predicted molar refractivity (Wildman–Crippen MR) is 135 cm³/mol. The quantitative estimate of drug-likeness (QED) is 0.359. The van der Waals surface area contributed by atoms with Crippen molar-refractivity contribution in [1.29, 1.82) is 0 Å². The van der Waals surface area contributed by atoms with Crippen molar-refractivity contribution in [3.8, 4) is 0 Å². The lowest BCUT2D eigenvalue weighted by Gasteiger charge is -2.55. The monoisotopic (exact) mass is 538 g/mol. The fourth-order valence-electron chi connectivity index (χ4n) is 7.72. The van der Waals surface area contributed by atoms with Gasteiger partial charge in [0.05, 0.1) is 0 Å². The van der Waals surface area contributed by atoms with E-state index in [9.17, 15) is 9.59 Å². The summed E-state index contributed by atoms with van der Waals surface area (Å²) in [6.07, 6.45) is 5.48. The highest BCUT2D eigenvalue weighted by Crippen LogP contribution is 2.49. The van der Waals surface area contributed by atoms with E-state index in [-0.39, 0.29) is 42.7 Å². The van der Waals surface area contributed by atoms with Crippen molar-refractivity contribution in [3.05, 3.63) is 30.3 Å². The number of nitrogens with one attached hydrogen (secondary N) is 1. The summed E-state index contributed by atoms with van der Waals surface area (Å²) in [5.41, 5.74) is 0.987. The smallest absolute Gasteiger partial charge is 0.282 e. The van der Waals surface area contributed by atoms with Crippen LogP contribution < -0.4 is 35.0 Å². The molecule has 4 atom stereocenters. The van der Waals surface area contributed by atoms with Crippen LogP contribution in [0.4, 0.5) is 5.69 Å². The van der Waals surface area contributed by atoms with Crippen LogP contribution in [0.15, 0.2) is 30.3 Å². The number of anilines is 1. The molecule has 1 aromatic rings. The van der Waals surface area contributed by atoms with E-state index in [0.717, 1.165) is 65.8 Å². The van der Waals surface area contributed by atoms with E-state index in [1.807, 2.05) is 35.2 Å². The van der Waals surface area contributed by atoms with Crippen LogP contribution in [-0.4, -0.2) is 85.2 Å². The van der Waals surface area contributed by atoms with Gasteiger partial charge >= 0.3 is 0 Å². The van der Waals surface area contributed by atoms with Crippen molar-refractivity contribution in [2.75, 3.05) is 57.3 Å². The van der Waals surface area contributed by atoms with Gasteiger partial charge in [0.15, 0.2) is 13.1 Å². The Labute approximate surface area is 229 Å². The fourth-order valence-corrected chi connectivity index (χ4v) is 7.72. The zero-order chi connectivity index (χ0) is 23.9. The Bertz CT molecular complexity index is 888. The number of fused-ring (bicyclic) bond motifs is 5. The molecule has 3 saturated heterocycles. The van der Waals surface area contributed by atoms with E-state index in [1.165, 1.54) is 25.7 Å². The van der Waals surface area contributed by atoms with E-state index in [2.05, 4.69) is 26.1 Å². The normalized spacial score (nSPS) is 32.9. The molecule has 4 bridgehead atoms. The first kappa shape index (κ1) is 29.2. The molecule has 5 fully saturated rings. The summed E-state index contributed by atoms with van der Waals surface area (Å²) in [5, 5.41) is 3.40. The first-order valence-electron chi connectivity index (χ1n) is 13.6. The highest BCUT2D eigenvalue weighted by molar-refractivity contribution is 5.94. The van der Waals surface area contributed by atoms with Gasteiger partial charge in [0.25, 0.3) is 11.8 Å². The Kier molecular flexibility index (Phi) is 9.41. The molecule has 0 radical (unpaired) electrons. The van der Waals surface area contributed by atoms with Gasteiger partial charge in [-0.25, -0.2) is 0 Å². The van der Waals surface area contributed by atoms with Gasteiger partial charge in [-0.05, 0) is 69.9 Å². The number of carbonyl (C=O) groups is 2. The molecule has 6 rings (SSSR count). The van der Waals surface area contributed by atoms with Gasteiger partial charge in [0.2, 0.25) is 0 Å². The number of rotatable bonds is 8. The molecule has 2 aliphatic carbocycles. The van der Waals surface area contributed by atoms with Gasteiger partial charge < -0.3 is 44.0 Å². The Morgan fingerprint density at radius 3 is 1.97 bits per heavy atom. The Hall–Kier alpha value is -1.34. The molecule has 1 N–H and O–H groups in total. The van der Waals surface area contributed by atoms with E-state index in [1.54, 1.807) is 0 Å². The van der Waals surface area contributed by atoms with Crippen molar-refractivity contribution >= 4 is 17.5 Å². The average Bonchev–Trinajstić information content (AvgIpc) is 3.45. The maximum atomic E-state index is 13.4. The summed E-state index contributed by atoms with van der Waals surface area (Å²) >= 11 is 0. The summed E-state index contributed by atoms with van der Waals surface area (Å²) in [6.45, 7) is 13.6. The number of nitrogens with zero attached hydrogens (tertiary/aromatic N) is 3. The van der Waals surface area contributed by atoms with E-state index < -0.39 is 0 Å². The first-order valence-corrected chi connectivity index (χ1v) is 13.6. The topological polar surface area (TPSA) is 49.4 Å². The molecule has 2 amide bonds. The lowest BCUT2D eigenvalue weighted by atomic mass is 9.84. The maximum absolute atomic E-state index is 13.4. The molecule has 3 heterocycles. The standard InChI is InChI=1S/C28H43N4O2.2ClH/c1-21(2)30(25-7-5-4-6-8-25)28(34)20-32-14-11-31(12-15-32,13-16-32)19-27(33)29-22(3)26-18-23-9-10-24(26)17-23;;/h4-8,21-24,26H,9-20H2,1-3H3;2*1H/q+1;;/p-1. The van der Waals surface area contributed by atoms with Crippen LogP contribution in [0.1, 0.15) is 46.5 Å². The third-order valence-electron chi connectivity index (χ3n) is 9.74. The molecule has 8 heteroatoms. The number of hydrogen-bond acceptors (Lipinski definition) is 2. The molecule has 6 nitrogen and oxygen atoms in total. The van der Waals surface area contributed by atoms with Crippen molar-refractivity contribution in [2.45, 2.75) is 58.5 Å². The van der Waals surface area contributed by atoms with Gasteiger partial charge in [-0.3, -0.25) is 9.59 Å². The van der Waals surface area contributed by atoms with Crippen LogP contribution in [0.25, 0.3) is 0 Å². The average molecular weight is 540 g/mol. The van der Waals surface area contributed by atoms with Crippen LogP contribution >= 0.6 is 0 Å². The zero-order valence-electron chi connectivity index (χ0n) is 22.2. The third kappa shape index (κ3) is 5.87. The Morgan fingerprint density at radius 2 is 1.47 bits per heavy atom. The number of carbonyl (C=O) groups excluding carboxylic acids is 2. The van der Waals surface area contributed by atoms with Crippen molar-refractivity contribution in [2.24, 2.45) is 17.8 Å². The molecule has 0 spiro atoms. The molecule has 1 aromatic carbocycles. The van der Waals surface area contributed by atoms with Gasteiger partial charge in [-0.2, -0.15) is 0 Å². The highest BCUT2D eigenvalue weighted by atomic mass is 35.5. The van der Waals surface area contributed by atoms with Gasteiger partial charge in [0.1, 0.15) is 39.3 Å². The highest BCUT2D eigenvalue weighted by Gasteiger charge is 2.51. The van der Waals surface area contributed by atoms with Crippen LogP contribution in [0, 0.1) is 17.8 Å². The molecule has 4 unspecified atom stereocenters. The SMILES string of the molecule is CC(NC(=O)C[N+]12CC[N+](CC(=O)N(c3ccccc3)C(C)C)(CC1)CC2)C1CC2CCC1C2.[Cl-].[Cl-]. The van der Waals surface area contributed by atoms with Crippen molar-refractivity contribution in [3.63, 3.8) is 0 Å². The second-order valence-corrected chi connectivity index (χ2v) is 12.2. The number of hydrogen-bond donors (Lipinski definition) is 1. The van der Waals surface area contributed by atoms with Crippen LogP contribution in [0.5, 0.6) is 0 Å². The third-order valence-corrected chi connectivity index (χ3v) is 9.74. The van der Waals surface area contributed by atoms with Crippen LogP contribution in [0.3, 0.4) is 0 Å². The largest absolute Gasteiger partial charge is 1.00 e. The van der Waals surface area contributed by atoms with Crippen LogP contribution in [0.2, 0.25) is 0 Å². The Morgan fingerprint density at radius 1 is 0.889 bits per heavy atom. The van der Waals surface area contributed by atoms with E-state index in [4.69, 9.17) is 0 Å². The molecule has 3 aliphatic heterocycles. The minimum absolute atomic E-state index is 0. The van der Waals surface area contributed by atoms with Crippen molar-refractivity contribution in [1.82, 2.24) is 5.32 Å². The lowest BCUT2D eigenvalue weighted by Crippen LogP contribution is -3.00. The van der Waals surface area contributed by atoms with Gasteiger partial charge in [-0.15, -0.1) is 0 Å². The minimum atomic E-state index is 0. The fraction of sp³-hybridized carbons (Fsp3) is 0.714. The summed E-state index contributed by atoms with van der Waals surface area (Å²) < 4.78 is 1.80. The number of halogens is 2. The number of quaternary nitrogens is 2. The molecule has 5 aliphatic rings. The maximum Gasteiger partial charge on any atom is 0.282 e. The summed E-state index contributed by atoms with van der Waals surface area (Å²) in [7, 11) is 0. The molecular formula is C28H44Cl2N4O2. The van der Waals surface area contributed by atoms with E-state index >= 15 is 0 Å². The molecule has 202 valence electrons. The molecular weight excluding hydrogens is 495 g/mol. The minimum Gasteiger partial charge on any atom is -1.00 e. The van der Waals surface area contributed by atoms with Gasteiger partial charge in [-0.1, -0.05) is 24.6 Å². The first-order chi connectivity index (χ1) is 16.3. The van der Waals surface area contributed by atoms with Gasteiger partial charge in [0, 0.05) is 17.8 Å². The van der Waals surface area contributed by atoms with Crippen LogP contribution in [-0.2, 0) is 9.59 Å². The summed E-state index contributed by atoms with van der Waals surface area (Å²) in [5.74, 6) is 2.91. The molecule has 2 saturated carbocycles. The van der Waals surface area contributed by atoms with E-state index in [0.29, 0.717) is 25.0 Å². The predicted octanol–water partition coefficient (Wildman–Crippen LogP) is -2.96.